The minimum absolute atomic E-state index is 0.700. The summed E-state index contributed by atoms with van der Waals surface area (Å²) in [6.07, 6.45) is 9.38. The van der Waals surface area contributed by atoms with Gasteiger partial charge in [-0.15, -0.1) is 0 Å². The van der Waals surface area contributed by atoms with E-state index in [1.54, 1.807) is 0 Å². The topological polar surface area (TPSA) is 37.8 Å². The molecule has 0 amide bonds. The molecule has 88 valence electrons. The molecule has 0 atom stereocenters. The molecule has 0 spiro atoms. The van der Waals surface area contributed by atoms with E-state index in [-0.39, 0.29) is 0 Å². The highest BCUT2D eigenvalue weighted by atomic mass is 14.9. The van der Waals surface area contributed by atoms with Gasteiger partial charge in [0.2, 0.25) is 0 Å². The van der Waals surface area contributed by atoms with Crippen LogP contribution in [0.1, 0.15) is 49.5 Å². The first-order chi connectivity index (χ1) is 7.90. The van der Waals surface area contributed by atoms with E-state index in [9.17, 15) is 0 Å². The summed E-state index contributed by atoms with van der Waals surface area (Å²) in [6.45, 7) is 1.04. The number of aryl methyl sites for hydroxylation is 1. The van der Waals surface area contributed by atoms with Gasteiger partial charge in [-0.2, -0.15) is 0 Å². The van der Waals surface area contributed by atoms with Gasteiger partial charge in [0.05, 0.1) is 0 Å². The monoisotopic (exact) mass is 219 g/mol. The molecule has 16 heavy (non-hydrogen) atoms. The van der Waals surface area contributed by atoms with Crippen molar-refractivity contribution in [3.8, 4) is 0 Å². The maximum atomic E-state index is 4.69. The van der Waals surface area contributed by atoms with Crippen molar-refractivity contribution in [2.75, 3.05) is 13.6 Å². The molecule has 0 unspecified atom stereocenters. The SMILES string of the molecule is CNCCCc1nccc(C2CCCC2)n1. The van der Waals surface area contributed by atoms with E-state index in [4.69, 9.17) is 0 Å². The van der Waals surface area contributed by atoms with Crippen LogP contribution in [0.4, 0.5) is 0 Å². The van der Waals surface area contributed by atoms with Crippen molar-refractivity contribution in [1.82, 2.24) is 15.3 Å². The minimum Gasteiger partial charge on any atom is -0.320 e. The van der Waals surface area contributed by atoms with Gasteiger partial charge in [0.25, 0.3) is 0 Å². The lowest BCUT2D eigenvalue weighted by Gasteiger charge is -2.09. The van der Waals surface area contributed by atoms with Gasteiger partial charge in [0.1, 0.15) is 5.82 Å². The van der Waals surface area contributed by atoms with Crippen molar-refractivity contribution < 1.29 is 0 Å². The molecule has 0 bridgehead atoms. The molecule has 0 saturated heterocycles. The molecule has 1 heterocycles. The van der Waals surface area contributed by atoms with Gasteiger partial charge in [0, 0.05) is 24.2 Å². The molecule has 0 aromatic carbocycles. The molecule has 1 N–H and O–H groups in total. The van der Waals surface area contributed by atoms with Gasteiger partial charge in [-0.3, -0.25) is 0 Å². The third kappa shape index (κ3) is 3.01. The number of aromatic nitrogens is 2. The second-order valence-corrected chi connectivity index (χ2v) is 4.59. The Morgan fingerprint density at radius 2 is 2.19 bits per heavy atom. The van der Waals surface area contributed by atoms with E-state index in [2.05, 4.69) is 21.4 Å². The highest BCUT2D eigenvalue weighted by Crippen LogP contribution is 2.32. The van der Waals surface area contributed by atoms with E-state index >= 15 is 0 Å². The van der Waals surface area contributed by atoms with Crippen LogP contribution >= 0.6 is 0 Å². The predicted molar refractivity (Wildman–Crippen MR) is 65.5 cm³/mol. The highest BCUT2D eigenvalue weighted by molar-refractivity contribution is 5.10. The first-order valence-corrected chi connectivity index (χ1v) is 6.36. The quantitative estimate of drug-likeness (QED) is 0.772. The Labute approximate surface area is 97.7 Å². The number of nitrogens with one attached hydrogen (secondary N) is 1. The van der Waals surface area contributed by atoms with Crippen molar-refractivity contribution in [1.29, 1.82) is 0 Å². The summed E-state index contributed by atoms with van der Waals surface area (Å²) in [5, 5.41) is 3.15. The summed E-state index contributed by atoms with van der Waals surface area (Å²) in [5.41, 5.74) is 1.27. The number of hydrogen-bond donors (Lipinski definition) is 1. The molecule has 1 saturated carbocycles. The van der Waals surface area contributed by atoms with Crippen LogP contribution in [-0.4, -0.2) is 23.6 Å². The van der Waals surface area contributed by atoms with Crippen molar-refractivity contribution >= 4 is 0 Å². The second-order valence-electron chi connectivity index (χ2n) is 4.59. The van der Waals surface area contributed by atoms with Crippen LogP contribution in [0, 0.1) is 0 Å². The molecule has 1 fully saturated rings. The van der Waals surface area contributed by atoms with Crippen molar-refractivity contribution in [3.05, 3.63) is 23.8 Å². The van der Waals surface area contributed by atoms with Crippen LogP contribution in [0.25, 0.3) is 0 Å². The van der Waals surface area contributed by atoms with Crippen LogP contribution < -0.4 is 5.32 Å². The van der Waals surface area contributed by atoms with Crippen LogP contribution in [0.2, 0.25) is 0 Å². The van der Waals surface area contributed by atoms with Crippen molar-refractivity contribution in [2.45, 2.75) is 44.4 Å². The predicted octanol–water partition coefficient (Wildman–Crippen LogP) is 2.29. The lowest BCUT2D eigenvalue weighted by atomic mass is 10.0. The van der Waals surface area contributed by atoms with Gasteiger partial charge in [-0.1, -0.05) is 12.8 Å². The first-order valence-electron chi connectivity index (χ1n) is 6.36. The number of nitrogens with zero attached hydrogens (tertiary/aromatic N) is 2. The molecule has 2 rings (SSSR count). The van der Waals surface area contributed by atoms with E-state index in [0.29, 0.717) is 5.92 Å². The fourth-order valence-corrected chi connectivity index (χ4v) is 2.41. The molecule has 1 aromatic rings. The molecule has 0 radical (unpaired) electrons. The summed E-state index contributed by atoms with van der Waals surface area (Å²) in [4.78, 5) is 9.03. The van der Waals surface area contributed by atoms with E-state index in [1.807, 2.05) is 13.2 Å². The standard InChI is InChI=1S/C13H21N3/c1-14-9-4-7-13-15-10-8-12(16-13)11-5-2-3-6-11/h8,10-11,14H,2-7,9H2,1H3. The Balaban J connectivity index is 1.95. The minimum atomic E-state index is 0.700. The Kier molecular flexibility index (Phi) is 4.28. The lowest BCUT2D eigenvalue weighted by Crippen LogP contribution is -2.10. The zero-order valence-electron chi connectivity index (χ0n) is 10.1. The maximum absolute atomic E-state index is 4.69. The molecular formula is C13H21N3. The van der Waals surface area contributed by atoms with Crippen LogP contribution in [0.5, 0.6) is 0 Å². The van der Waals surface area contributed by atoms with Gasteiger partial charge < -0.3 is 5.32 Å². The van der Waals surface area contributed by atoms with E-state index in [0.717, 1.165) is 25.2 Å². The van der Waals surface area contributed by atoms with Gasteiger partial charge in [0.15, 0.2) is 0 Å². The van der Waals surface area contributed by atoms with E-state index < -0.39 is 0 Å². The fourth-order valence-electron chi connectivity index (χ4n) is 2.41. The summed E-state index contributed by atoms with van der Waals surface area (Å²) in [5.74, 6) is 1.71. The molecule has 1 aliphatic rings. The maximum Gasteiger partial charge on any atom is 0.128 e. The second kappa shape index (κ2) is 5.94. The molecule has 3 nitrogen and oxygen atoms in total. The van der Waals surface area contributed by atoms with E-state index in [1.165, 1.54) is 31.4 Å². The average molecular weight is 219 g/mol. The molecule has 1 aromatic heterocycles. The number of rotatable bonds is 5. The summed E-state index contributed by atoms with van der Waals surface area (Å²) in [6, 6.07) is 2.09. The Morgan fingerprint density at radius 3 is 2.94 bits per heavy atom. The smallest absolute Gasteiger partial charge is 0.128 e. The summed E-state index contributed by atoms with van der Waals surface area (Å²) in [7, 11) is 1.98. The fraction of sp³-hybridized carbons (Fsp3) is 0.692. The van der Waals surface area contributed by atoms with Gasteiger partial charge in [-0.25, -0.2) is 9.97 Å². The molecular weight excluding hydrogens is 198 g/mol. The average Bonchev–Trinajstić information content (AvgIpc) is 2.83. The van der Waals surface area contributed by atoms with Crippen LogP contribution in [0.15, 0.2) is 12.3 Å². The highest BCUT2D eigenvalue weighted by Gasteiger charge is 2.18. The Hall–Kier alpha value is -0.960. The van der Waals surface area contributed by atoms with Crippen molar-refractivity contribution in [3.63, 3.8) is 0 Å². The Bertz CT molecular complexity index is 319. The van der Waals surface area contributed by atoms with Gasteiger partial charge >= 0.3 is 0 Å². The van der Waals surface area contributed by atoms with Crippen LogP contribution in [0.3, 0.4) is 0 Å². The number of hydrogen-bond acceptors (Lipinski definition) is 3. The molecule has 3 heteroatoms. The van der Waals surface area contributed by atoms with Crippen molar-refractivity contribution in [2.24, 2.45) is 0 Å². The third-order valence-electron chi connectivity index (χ3n) is 3.33. The lowest BCUT2D eigenvalue weighted by molar-refractivity contribution is 0.663. The zero-order chi connectivity index (χ0) is 11.2. The largest absolute Gasteiger partial charge is 0.320 e. The third-order valence-corrected chi connectivity index (χ3v) is 3.33. The van der Waals surface area contributed by atoms with Gasteiger partial charge in [-0.05, 0) is 38.9 Å². The normalized spacial score (nSPS) is 16.8. The zero-order valence-corrected chi connectivity index (χ0v) is 10.1. The summed E-state index contributed by atoms with van der Waals surface area (Å²) < 4.78 is 0. The summed E-state index contributed by atoms with van der Waals surface area (Å²) >= 11 is 0. The molecule has 0 aliphatic heterocycles. The first kappa shape index (κ1) is 11.5. The molecule has 1 aliphatic carbocycles. The van der Waals surface area contributed by atoms with Crippen LogP contribution in [-0.2, 0) is 6.42 Å². The Morgan fingerprint density at radius 1 is 1.38 bits per heavy atom.